The molecule has 0 bridgehead atoms. The second kappa shape index (κ2) is 7.79. The van der Waals surface area contributed by atoms with E-state index in [0.29, 0.717) is 26.3 Å². The van der Waals surface area contributed by atoms with Gasteiger partial charge in [0.2, 0.25) is 11.8 Å². The van der Waals surface area contributed by atoms with Gasteiger partial charge in [0.1, 0.15) is 13.2 Å². The van der Waals surface area contributed by atoms with Crippen molar-refractivity contribution in [3.8, 4) is 11.5 Å². The molecule has 2 aliphatic heterocycles. The topological polar surface area (TPSA) is 59.1 Å². The smallest absolute Gasteiger partial charge is 0.227 e. The van der Waals surface area contributed by atoms with Crippen LogP contribution in [0.5, 0.6) is 11.5 Å². The van der Waals surface area contributed by atoms with Crippen molar-refractivity contribution in [1.82, 2.24) is 9.80 Å². The van der Waals surface area contributed by atoms with Gasteiger partial charge in [0.25, 0.3) is 0 Å². The number of fused-ring (bicyclic) bond motifs is 1. The maximum Gasteiger partial charge on any atom is 0.227 e. The van der Waals surface area contributed by atoms with Crippen LogP contribution in [0.4, 0.5) is 0 Å². The number of carbonyl (C=O) groups is 2. The first-order chi connectivity index (χ1) is 12.8. The zero-order valence-electron chi connectivity index (χ0n) is 16.8. The number of rotatable bonds is 3. The van der Waals surface area contributed by atoms with Crippen molar-refractivity contribution in [2.75, 3.05) is 33.4 Å². The third-order valence-corrected chi connectivity index (χ3v) is 5.10. The Bertz CT molecular complexity index is 711. The molecule has 0 spiro atoms. The second-order valence-electron chi connectivity index (χ2n) is 8.51. The Hall–Kier alpha value is -2.24. The van der Waals surface area contributed by atoms with Crippen molar-refractivity contribution in [2.24, 2.45) is 11.3 Å². The normalized spacial score (nSPS) is 19.6. The van der Waals surface area contributed by atoms with Crippen molar-refractivity contribution in [2.45, 2.75) is 40.2 Å². The standard InChI is InChI=1S/C21H30N2O4/c1-21(2,3)20(25)23-9-5-6-16(14-23)19(24)22(4)13-15-7-8-17-18(12-15)27-11-10-26-17/h7-8,12,16H,5-6,9-11,13-14H2,1-4H3. The highest BCUT2D eigenvalue weighted by atomic mass is 16.6. The summed E-state index contributed by atoms with van der Waals surface area (Å²) in [6.45, 7) is 8.66. The largest absolute Gasteiger partial charge is 0.486 e. The fraction of sp³-hybridized carbons (Fsp3) is 0.619. The van der Waals surface area contributed by atoms with Crippen LogP contribution in [0.3, 0.4) is 0 Å². The molecule has 1 aromatic carbocycles. The molecule has 0 aromatic heterocycles. The fourth-order valence-electron chi connectivity index (χ4n) is 3.69. The molecule has 6 heteroatoms. The van der Waals surface area contributed by atoms with Crippen LogP contribution in [0.1, 0.15) is 39.2 Å². The van der Waals surface area contributed by atoms with Gasteiger partial charge in [-0.3, -0.25) is 9.59 Å². The van der Waals surface area contributed by atoms with Gasteiger partial charge in [-0.2, -0.15) is 0 Å². The van der Waals surface area contributed by atoms with Gasteiger partial charge < -0.3 is 19.3 Å². The molecule has 0 N–H and O–H groups in total. The summed E-state index contributed by atoms with van der Waals surface area (Å²) in [7, 11) is 1.82. The molecule has 6 nitrogen and oxygen atoms in total. The van der Waals surface area contributed by atoms with Gasteiger partial charge in [-0.1, -0.05) is 26.8 Å². The lowest BCUT2D eigenvalue weighted by molar-refractivity contribution is -0.145. The van der Waals surface area contributed by atoms with Crippen LogP contribution < -0.4 is 9.47 Å². The van der Waals surface area contributed by atoms with Gasteiger partial charge in [-0.15, -0.1) is 0 Å². The molecule has 1 unspecified atom stereocenters. The third kappa shape index (κ3) is 4.54. The summed E-state index contributed by atoms with van der Waals surface area (Å²) in [4.78, 5) is 29.1. The van der Waals surface area contributed by atoms with Crippen LogP contribution in [0, 0.1) is 11.3 Å². The molecule has 1 aromatic rings. The van der Waals surface area contributed by atoms with Crippen LogP contribution in [-0.4, -0.2) is 55.0 Å². The zero-order valence-corrected chi connectivity index (χ0v) is 16.8. The van der Waals surface area contributed by atoms with Crippen molar-refractivity contribution in [1.29, 1.82) is 0 Å². The minimum absolute atomic E-state index is 0.0938. The highest BCUT2D eigenvalue weighted by Crippen LogP contribution is 2.31. The van der Waals surface area contributed by atoms with Crippen LogP contribution in [0.25, 0.3) is 0 Å². The molecule has 2 amide bonds. The van der Waals surface area contributed by atoms with E-state index in [0.717, 1.165) is 36.4 Å². The molecular weight excluding hydrogens is 344 g/mol. The summed E-state index contributed by atoms with van der Waals surface area (Å²) in [6, 6.07) is 5.80. The lowest BCUT2D eigenvalue weighted by Gasteiger charge is -2.37. The summed E-state index contributed by atoms with van der Waals surface area (Å²) >= 11 is 0. The van der Waals surface area contributed by atoms with Gasteiger partial charge in [0.05, 0.1) is 5.92 Å². The van der Waals surface area contributed by atoms with Crippen molar-refractivity contribution in [3.63, 3.8) is 0 Å². The van der Waals surface area contributed by atoms with Gasteiger partial charge in [-0.25, -0.2) is 0 Å². The molecule has 3 rings (SSSR count). The molecular formula is C21H30N2O4. The number of amides is 2. The van der Waals surface area contributed by atoms with Gasteiger partial charge in [0, 0.05) is 32.1 Å². The molecule has 0 radical (unpaired) electrons. The number of nitrogens with zero attached hydrogens (tertiary/aromatic N) is 2. The molecule has 1 atom stereocenters. The van der Waals surface area contributed by atoms with Crippen LogP contribution >= 0.6 is 0 Å². The lowest BCUT2D eigenvalue weighted by atomic mass is 9.90. The Balaban J connectivity index is 1.62. The number of hydrogen-bond donors (Lipinski definition) is 0. The molecule has 0 saturated carbocycles. The summed E-state index contributed by atoms with van der Waals surface area (Å²) in [5.41, 5.74) is 0.593. The highest BCUT2D eigenvalue weighted by molar-refractivity contribution is 5.83. The van der Waals surface area contributed by atoms with Crippen LogP contribution in [-0.2, 0) is 16.1 Å². The molecule has 1 fully saturated rings. The van der Waals surface area contributed by atoms with E-state index in [2.05, 4.69) is 0 Å². The summed E-state index contributed by atoms with van der Waals surface area (Å²) < 4.78 is 11.2. The van der Waals surface area contributed by atoms with Gasteiger partial charge in [0.15, 0.2) is 11.5 Å². The average Bonchev–Trinajstić information content (AvgIpc) is 2.66. The number of carbonyl (C=O) groups excluding carboxylic acids is 2. The molecule has 148 valence electrons. The Morgan fingerprint density at radius 1 is 1.19 bits per heavy atom. The van der Waals surface area contributed by atoms with Crippen LogP contribution in [0.15, 0.2) is 18.2 Å². The minimum Gasteiger partial charge on any atom is -0.486 e. The minimum atomic E-state index is -0.415. The number of hydrogen-bond acceptors (Lipinski definition) is 4. The molecule has 0 aliphatic carbocycles. The Labute approximate surface area is 161 Å². The lowest BCUT2D eigenvalue weighted by Crippen LogP contribution is -2.48. The molecule has 1 saturated heterocycles. The van der Waals surface area contributed by atoms with E-state index in [1.165, 1.54) is 0 Å². The highest BCUT2D eigenvalue weighted by Gasteiger charge is 2.34. The van der Waals surface area contributed by atoms with E-state index in [4.69, 9.17) is 9.47 Å². The number of likely N-dealkylation sites (tertiary alicyclic amines) is 1. The van der Waals surface area contributed by atoms with E-state index < -0.39 is 5.41 Å². The average molecular weight is 374 g/mol. The number of ether oxygens (including phenoxy) is 2. The fourth-order valence-corrected chi connectivity index (χ4v) is 3.69. The van der Waals surface area contributed by atoms with Crippen molar-refractivity contribution < 1.29 is 19.1 Å². The third-order valence-electron chi connectivity index (χ3n) is 5.10. The summed E-state index contributed by atoms with van der Waals surface area (Å²) in [5.74, 6) is 1.57. The predicted molar refractivity (Wildman–Crippen MR) is 103 cm³/mol. The first-order valence-electron chi connectivity index (χ1n) is 9.68. The SMILES string of the molecule is CN(Cc1ccc2c(c1)OCCO2)C(=O)C1CCCN(C(=O)C(C)(C)C)C1. The Morgan fingerprint density at radius 3 is 2.59 bits per heavy atom. The van der Waals surface area contributed by atoms with E-state index in [1.807, 2.05) is 50.9 Å². The first kappa shape index (κ1) is 19.5. The Kier molecular flexibility index (Phi) is 5.63. The van der Waals surface area contributed by atoms with E-state index in [-0.39, 0.29) is 17.7 Å². The first-order valence-corrected chi connectivity index (χ1v) is 9.68. The molecule has 2 heterocycles. The molecule has 2 aliphatic rings. The second-order valence-corrected chi connectivity index (χ2v) is 8.51. The van der Waals surface area contributed by atoms with Crippen LogP contribution in [0.2, 0.25) is 0 Å². The maximum atomic E-state index is 12.9. The summed E-state index contributed by atoms with van der Waals surface area (Å²) in [6.07, 6.45) is 1.70. The van der Waals surface area contributed by atoms with Crippen molar-refractivity contribution >= 4 is 11.8 Å². The zero-order chi connectivity index (χ0) is 19.6. The van der Waals surface area contributed by atoms with E-state index in [9.17, 15) is 9.59 Å². The maximum absolute atomic E-state index is 12.9. The Morgan fingerprint density at radius 2 is 1.89 bits per heavy atom. The predicted octanol–water partition coefficient (Wildman–Crippen LogP) is 2.70. The van der Waals surface area contributed by atoms with E-state index in [1.54, 1.807) is 4.90 Å². The quantitative estimate of drug-likeness (QED) is 0.816. The van der Waals surface area contributed by atoms with Crippen molar-refractivity contribution in [3.05, 3.63) is 23.8 Å². The van der Waals surface area contributed by atoms with Gasteiger partial charge >= 0.3 is 0 Å². The van der Waals surface area contributed by atoms with Gasteiger partial charge in [-0.05, 0) is 30.5 Å². The van der Waals surface area contributed by atoms with E-state index >= 15 is 0 Å². The summed E-state index contributed by atoms with van der Waals surface area (Å²) in [5, 5.41) is 0. The number of piperidine rings is 1. The molecule has 27 heavy (non-hydrogen) atoms. The monoisotopic (exact) mass is 374 g/mol. The number of benzene rings is 1.